The molecule has 114 valence electrons. The van der Waals surface area contributed by atoms with Gasteiger partial charge in [-0.1, -0.05) is 19.0 Å². The highest BCUT2D eigenvalue weighted by atomic mass is 16.5. The highest BCUT2D eigenvalue weighted by Crippen LogP contribution is 2.18. The van der Waals surface area contributed by atoms with Gasteiger partial charge in [0.25, 0.3) is 5.91 Å². The molecular weight excluding hydrogens is 276 g/mol. The maximum absolute atomic E-state index is 12.0. The van der Waals surface area contributed by atoms with Crippen molar-refractivity contribution in [3.63, 3.8) is 0 Å². The summed E-state index contributed by atoms with van der Waals surface area (Å²) in [6.45, 7) is 4.51. The van der Waals surface area contributed by atoms with Gasteiger partial charge in [0.1, 0.15) is 5.76 Å². The molecule has 2 rings (SSSR count). The van der Waals surface area contributed by atoms with Gasteiger partial charge in [-0.25, -0.2) is 4.98 Å². The van der Waals surface area contributed by atoms with Crippen molar-refractivity contribution in [3.8, 4) is 0 Å². The molecule has 0 saturated heterocycles. The number of nitrogens with one attached hydrogen (secondary N) is 1. The van der Waals surface area contributed by atoms with Crippen LogP contribution in [0.15, 0.2) is 15.3 Å². The molecule has 2 aromatic rings. The van der Waals surface area contributed by atoms with Crippen molar-refractivity contribution in [1.29, 1.82) is 0 Å². The molecule has 1 amide bonds. The van der Waals surface area contributed by atoms with Gasteiger partial charge in [0.15, 0.2) is 17.9 Å². The summed E-state index contributed by atoms with van der Waals surface area (Å²) in [5.41, 5.74) is 0.282. The van der Waals surface area contributed by atoms with Crippen LogP contribution in [0, 0.1) is 0 Å². The Kier molecular flexibility index (Phi) is 5.04. The lowest BCUT2D eigenvalue weighted by molar-refractivity contribution is 0.0939. The van der Waals surface area contributed by atoms with Crippen molar-refractivity contribution in [2.45, 2.75) is 32.7 Å². The van der Waals surface area contributed by atoms with Crippen LogP contribution in [-0.2, 0) is 17.7 Å². The quantitative estimate of drug-likeness (QED) is 0.820. The number of oxazole rings is 1. The van der Waals surface area contributed by atoms with Crippen molar-refractivity contribution in [2.24, 2.45) is 0 Å². The number of hydrogen-bond acceptors (Lipinski definition) is 7. The first-order chi connectivity index (χ1) is 10.1. The summed E-state index contributed by atoms with van der Waals surface area (Å²) in [6, 6.07) is 0. The van der Waals surface area contributed by atoms with Crippen LogP contribution in [0.25, 0.3) is 0 Å². The van der Waals surface area contributed by atoms with E-state index in [1.165, 1.54) is 6.39 Å². The van der Waals surface area contributed by atoms with Gasteiger partial charge in [0.05, 0.1) is 13.2 Å². The van der Waals surface area contributed by atoms with Gasteiger partial charge in [-0.15, -0.1) is 0 Å². The van der Waals surface area contributed by atoms with Crippen molar-refractivity contribution in [3.05, 3.63) is 29.6 Å². The zero-order valence-electron chi connectivity index (χ0n) is 12.3. The first-order valence-electron chi connectivity index (χ1n) is 6.63. The van der Waals surface area contributed by atoms with E-state index in [0.29, 0.717) is 30.5 Å². The minimum atomic E-state index is -0.330. The summed E-state index contributed by atoms with van der Waals surface area (Å²) in [4.78, 5) is 20.1. The average molecular weight is 294 g/mol. The number of rotatable bonds is 7. The van der Waals surface area contributed by atoms with Crippen molar-refractivity contribution in [2.75, 3.05) is 13.7 Å². The molecule has 0 bridgehead atoms. The van der Waals surface area contributed by atoms with Crippen LogP contribution in [0.1, 0.15) is 47.7 Å². The number of amides is 1. The van der Waals surface area contributed by atoms with Crippen LogP contribution in [0.2, 0.25) is 0 Å². The molecule has 1 N–H and O–H groups in total. The first-order valence-corrected chi connectivity index (χ1v) is 6.63. The second kappa shape index (κ2) is 6.98. The lowest BCUT2D eigenvalue weighted by Gasteiger charge is -2.03. The van der Waals surface area contributed by atoms with E-state index in [4.69, 9.17) is 13.7 Å². The molecule has 8 heteroatoms. The molecule has 0 fully saturated rings. The van der Waals surface area contributed by atoms with Gasteiger partial charge < -0.3 is 19.0 Å². The van der Waals surface area contributed by atoms with E-state index in [-0.39, 0.29) is 24.1 Å². The van der Waals surface area contributed by atoms with E-state index in [1.807, 2.05) is 13.8 Å². The first kappa shape index (κ1) is 15.2. The Balaban J connectivity index is 1.91. The van der Waals surface area contributed by atoms with E-state index < -0.39 is 0 Å². The van der Waals surface area contributed by atoms with Crippen LogP contribution in [-0.4, -0.2) is 34.7 Å². The van der Waals surface area contributed by atoms with E-state index in [0.717, 1.165) is 0 Å². The Labute approximate surface area is 121 Å². The molecule has 0 atom stereocenters. The van der Waals surface area contributed by atoms with Crippen molar-refractivity contribution < 1.29 is 18.5 Å². The summed E-state index contributed by atoms with van der Waals surface area (Å²) < 4.78 is 15.2. The molecule has 0 spiro atoms. The van der Waals surface area contributed by atoms with E-state index in [9.17, 15) is 4.79 Å². The minimum absolute atomic E-state index is 0.0808. The molecule has 0 aliphatic heterocycles. The van der Waals surface area contributed by atoms with Crippen LogP contribution in [0.5, 0.6) is 0 Å². The Bertz CT molecular complexity index is 591. The van der Waals surface area contributed by atoms with Gasteiger partial charge >= 0.3 is 0 Å². The van der Waals surface area contributed by atoms with Gasteiger partial charge in [0, 0.05) is 19.4 Å². The van der Waals surface area contributed by atoms with Gasteiger partial charge in [-0.2, -0.15) is 4.98 Å². The molecule has 0 unspecified atom stereocenters. The highest BCUT2D eigenvalue weighted by Gasteiger charge is 2.19. The monoisotopic (exact) mass is 294 g/mol. The molecule has 8 nitrogen and oxygen atoms in total. The molecular formula is C13H18N4O4. The largest absolute Gasteiger partial charge is 0.447 e. The number of hydrogen-bond donors (Lipinski definition) is 1. The number of carbonyl (C=O) groups excluding carboxylic acids is 1. The zero-order valence-corrected chi connectivity index (χ0v) is 12.3. The summed E-state index contributed by atoms with van der Waals surface area (Å²) >= 11 is 0. The molecule has 0 radical (unpaired) electrons. The Morgan fingerprint density at radius 1 is 1.48 bits per heavy atom. The average Bonchev–Trinajstić information content (AvgIpc) is 3.11. The van der Waals surface area contributed by atoms with E-state index in [2.05, 4.69) is 20.4 Å². The summed E-state index contributed by atoms with van der Waals surface area (Å²) in [5.74, 6) is 1.19. The topological polar surface area (TPSA) is 103 Å². The van der Waals surface area contributed by atoms with Gasteiger partial charge in [-0.05, 0) is 0 Å². The van der Waals surface area contributed by atoms with Crippen LogP contribution < -0.4 is 5.32 Å². The molecule has 0 aliphatic carbocycles. The van der Waals surface area contributed by atoms with Crippen molar-refractivity contribution in [1.82, 2.24) is 20.4 Å². The fourth-order valence-corrected chi connectivity index (χ4v) is 1.73. The van der Waals surface area contributed by atoms with Crippen LogP contribution in [0.4, 0.5) is 0 Å². The van der Waals surface area contributed by atoms with Gasteiger partial charge in [0.2, 0.25) is 5.89 Å². The third-order valence-corrected chi connectivity index (χ3v) is 2.77. The highest BCUT2D eigenvalue weighted by molar-refractivity contribution is 5.93. The third-order valence-electron chi connectivity index (χ3n) is 2.77. The van der Waals surface area contributed by atoms with Gasteiger partial charge in [-0.3, -0.25) is 4.79 Å². The number of aromatic nitrogens is 3. The minimum Gasteiger partial charge on any atom is -0.447 e. The lowest BCUT2D eigenvalue weighted by atomic mass is 10.1. The predicted octanol–water partition coefficient (Wildman–Crippen LogP) is 1.30. The zero-order chi connectivity index (χ0) is 15.2. The maximum atomic E-state index is 12.0. The fourth-order valence-electron chi connectivity index (χ4n) is 1.73. The standard InChI is InChI=1S/C13H18N4O4/c1-8(2)12-11(15-7-20-12)13(18)14-6-10-16-9(17-21-10)4-5-19-3/h7-8H,4-6H2,1-3H3,(H,14,18). The van der Waals surface area contributed by atoms with Crippen molar-refractivity contribution >= 4 is 5.91 Å². The summed E-state index contributed by atoms with van der Waals surface area (Å²) in [7, 11) is 1.60. The molecule has 0 aromatic carbocycles. The molecule has 2 heterocycles. The third kappa shape index (κ3) is 3.88. The van der Waals surface area contributed by atoms with Crippen LogP contribution >= 0.6 is 0 Å². The second-order valence-electron chi connectivity index (χ2n) is 4.75. The molecule has 0 aliphatic rings. The second-order valence-corrected chi connectivity index (χ2v) is 4.75. The number of nitrogens with zero attached hydrogens (tertiary/aromatic N) is 3. The summed E-state index contributed by atoms with van der Waals surface area (Å²) in [5, 5.41) is 6.47. The number of methoxy groups -OCH3 is 1. The normalized spacial score (nSPS) is 11.0. The summed E-state index contributed by atoms with van der Waals surface area (Å²) in [6.07, 6.45) is 1.83. The van der Waals surface area contributed by atoms with Crippen LogP contribution in [0.3, 0.4) is 0 Å². The molecule has 2 aromatic heterocycles. The number of ether oxygens (including phenoxy) is 1. The Hall–Kier alpha value is -2.22. The van der Waals surface area contributed by atoms with E-state index >= 15 is 0 Å². The fraction of sp³-hybridized carbons (Fsp3) is 0.538. The lowest BCUT2D eigenvalue weighted by Crippen LogP contribution is -2.24. The molecule has 21 heavy (non-hydrogen) atoms. The maximum Gasteiger partial charge on any atom is 0.273 e. The smallest absolute Gasteiger partial charge is 0.273 e. The number of carbonyl (C=O) groups is 1. The Morgan fingerprint density at radius 2 is 2.29 bits per heavy atom. The Morgan fingerprint density at radius 3 is 3.00 bits per heavy atom. The molecule has 0 saturated carbocycles. The predicted molar refractivity (Wildman–Crippen MR) is 71.6 cm³/mol. The SMILES string of the molecule is COCCc1noc(CNC(=O)c2ncoc2C(C)C)n1. The van der Waals surface area contributed by atoms with E-state index in [1.54, 1.807) is 7.11 Å².